The molecule has 0 saturated carbocycles. The van der Waals surface area contributed by atoms with Crippen molar-refractivity contribution in [1.82, 2.24) is 29.1 Å². The van der Waals surface area contributed by atoms with Gasteiger partial charge < -0.3 is 9.88 Å². The normalized spacial score (nSPS) is 13.2. The predicted octanol–water partition coefficient (Wildman–Crippen LogP) is 2.39. The second kappa shape index (κ2) is 4.89. The monoisotopic (exact) mass is 317 g/mol. The smallest absolute Gasteiger partial charge is 0.204 e. The van der Waals surface area contributed by atoms with Crippen LogP contribution in [0.25, 0.3) is 28.3 Å². The zero-order valence-corrected chi connectivity index (χ0v) is 13.1. The quantitative estimate of drug-likeness (QED) is 0.614. The molecule has 1 N–H and O–H groups in total. The van der Waals surface area contributed by atoms with Crippen molar-refractivity contribution < 1.29 is 0 Å². The Balaban J connectivity index is 1.77. The van der Waals surface area contributed by atoms with Gasteiger partial charge in [0, 0.05) is 30.5 Å². The van der Waals surface area contributed by atoms with Gasteiger partial charge in [-0.25, -0.2) is 14.5 Å². The fourth-order valence-electron chi connectivity index (χ4n) is 3.19. The first-order valence-corrected chi connectivity index (χ1v) is 7.88. The summed E-state index contributed by atoms with van der Waals surface area (Å²) >= 11 is 0. The molecule has 7 nitrogen and oxygen atoms in total. The van der Waals surface area contributed by atoms with Crippen LogP contribution in [0.2, 0.25) is 0 Å². The topological polar surface area (TPSA) is 72.9 Å². The van der Waals surface area contributed by atoms with E-state index < -0.39 is 0 Å². The van der Waals surface area contributed by atoms with Gasteiger partial charge in [0.1, 0.15) is 12.0 Å². The van der Waals surface area contributed by atoms with Crippen LogP contribution in [0.1, 0.15) is 5.69 Å². The van der Waals surface area contributed by atoms with E-state index in [2.05, 4.69) is 31.0 Å². The zero-order valence-electron chi connectivity index (χ0n) is 13.1. The van der Waals surface area contributed by atoms with Gasteiger partial charge >= 0.3 is 0 Å². The molecule has 5 heterocycles. The van der Waals surface area contributed by atoms with Gasteiger partial charge in [0.05, 0.1) is 11.4 Å². The lowest BCUT2D eigenvalue weighted by Gasteiger charge is -2.08. The summed E-state index contributed by atoms with van der Waals surface area (Å²) in [7, 11) is 0. The number of fused-ring (bicyclic) bond motifs is 2. The van der Waals surface area contributed by atoms with Crippen LogP contribution >= 0.6 is 0 Å². The Morgan fingerprint density at radius 1 is 1.12 bits per heavy atom. The van der Waals surface area contributed by atoms with E-state index in [1.807, 2.05) is 37.4 Å². The number of nitrogens with one attached hydrogen (secondary N) is 1. The molecule has 0 aliphatic carbocycles. The van der Waals surface area contributed by atoms with Crippen molar-refractivity contribution in [3.63, 3.8) is 0 Å². The van der Waals surface area contributed by atoms with Crippen LogP contribution in [-0.4, -0.2) is 35.7 Å². The first-order valence-electron chi connectivity index (χ1n) is 7.88. The van der Waals surface area contributed by atoms with Crippen LogP contribution in [0, 0.1) is 6.92 Å². The molecule has 0 aromatic carbocycles. The average Bonchev–Trinajstić information content (AvgIpc) is 3.29. The van der Waals surface area contributed by atoms with Crippen LogP contribution in [-0.2, 0) is 6.54 Å². The number of anilines is 1. The highest BCUT2D eigenvalue weighted by Gasteiger charge is 2.24. The van der Waals surface area contributed by atoms with E-state index >= 15 is 0 Å². The lowest BCUT2D eigenvalue weighted by atomic mass is 10.1. The van der Waals surface area contributed by atoms with Crippen molar-refractivity contribution in [1.29, 1.82) is 0 Å². The number of aromatic nitrogens is 6. The molecule has 4 aromatic rings. The predicted molar refractivity (Wildman–Crippen MR) is 90.7 cm³/mol. The van der Waals surface area contributed by atoms with Crippen molar-refractivity contribution >= 4 is 11.6 Å². The van der Waals surface area contributed by atoms with E-state index in [1.54, 1.807) is 10.8 Å². The molecule has 1 aliphatic heterocycles. The summed E-state index contributed by atoms with van der Waals surface area (Å²) in [5.74, 6) is 0.891. The summed E-state index contributed by atoms with van der Waals surface area (Å²) in [4.78, 5) is 13.7. The van der Waals surface area contributed by atoms with Crippen LogP contribution in [0.15, 0.2) is 42.9 Å². The largest absolute Gasteiger partial charge is 0.354 e. The minimum Gasteiger partial charge on any atom is -0.354 e. The van der Waals surface area contributed by atoms with E-state index in [0.717, 1.165) is 53.0 Å². The minimum atomic E-state index is 0.827. The third-order valence-electron chi connectivity index (χ3n) is 4.26. The van der Waals surface area contributed by atoms with E-state index in [9.17, 15) is 0 Å². The maximum atomic E-state index is 4.79. The Morgan fingerprint density at radius 3 is 3.00 bits per heavy atom. The van der Waals surface area contributed by atoms with E-state index in [0.29, 0.717) is 0 Å². The van der Waals surface area contributed by atoms with Gasteiger partial charge in [0.2, 0.25) is 5.95 Å². The van der Waals surface area contributed by atoms with E-state index in [4.69, 9.17) is 4.98 Å². The van der Waals surface area contributed by atoms with Gasteiger partial charge in [-0.3, -0.25) is 4.98 Å². The summed E-state index contributed by atoms with van der Waals surface area (Å²) in [6.45, 7) is 3.77. The van der Waals surface area contributed by atoms with E-state index in [1.165, 1.54) is 0 Å². The Labute approximate surface area is 138 Å². The van der Waals surface area contributed by atoms with Gasteiger partial charge in [0.15, 0.2) is 5.65 Å². The maximum Gasteiger partial charge on any atom is 0.204 e. The van der Waals surface area contributed by atoms with E-state index in [-0.39, 0.29) is 0 Å². The number of hydrogen-bond donors (Lipinski definition) is 1. The molecule has 0 saturated heterocycles. The molecule has 0 fully saturated rings. The molecule has 0 unspecified atom stereocenters. The number of hydrogen-bond acceptors (Lipinski definition) is 5. The Morgan fingerprint density at radius 2 is 2.08 bits per heavy atom. The second-order valence-electron chi connectivity index (χ2n) is 5.86. The maximum absolute atomic E-state index is 4.79. The average molecular weight is 317 g/mol. The second-order valence-corrected chi connectivity index (χ2v) is 5.86. The van der Waals surface area contributed by atoms with Crippen molar-refractivity contribution in [2.24, 2.45) is 0 Å². The van der Waals surface area contributed by atoms with Crippen molar-refractivity contribution in [3.8, 4) is 22.6 Å². The van der Waals surface area contributed by atoms with Gasteiger partial charge in [0.25, 0.3) is 0 Å². The van der Waals surface area contributed by atoms with Gasteiger partial charge in [-0.15, -0.1) is 0 Å². The summed E-state index contributed by atoms with van der Waals surface area (Å²) < 4.78 is 3.99. The number of aryl methyl sites for hydroxylation is 1. The number of rotatable bonds is 2. The molecule has 24 heavy (non-hydrogen) atoms. The van der Waals surface area contributed by atoms with Crippen molar-refractivity contribution in [2.75, 3.05) is 11.9 Å². The molecular weight excluding hydrogens is 302 g/mol. The fourth-order valence-corrected chi connectivity index (χ4v) is 3.19. The Hall–Kier alpha value is -3.22. The molecule has 7 heteroatoms. The lowest BCUT2D eigenvalue weighted by Crippen LogP contribution is -2.00. The highest BCUT2D eigenvalue weighted by Crippen LogP contribution is 2.35. The number of nitrogens with zero attached hydrogens (tertiary/aromatic N) is 6. The third-order valence-corrected chi connectivity index (χ3v) is 4.26. The molecule has 118 valence electrons. The van der Waals surface area contributed by atoms with Crippen molar-refractivity contribution in [2.45, 2.75) is 13.5 Å². The molecule has 0 bridgehead atoms. The third kappa shape index (κ3) is 1.91. The first kappa shape index (κ1) is 13.2. The fraction of sp³-hybridized carbons (Fsp3) is 0.176. The Bertz CT molecular complexity index is 1060. The molecular formula is C17H15N7. The van der Waals surface area contributed by atoms with Gasteiger partial charge in [-0.05, 0) is 31.2 Å². The molecule has 0 amide bonds. The van der Waals surface area contributed by atoms with Gasteiger partial charge in [-0.1, -0.05) is 6.07 Å². The molecule has 1 aliphatic rings. The number of imidazole rings is 1. The Kier molecular flexibility index (Phi) is 2.70. The summed E-state index contributed by atoms with van der Waals surface area (Å²) in [6.07, 6.45) is 3.55. The van der Waals surface area contributed by atoms with Crippen molar-refractivity contribution in [3.05, 3.63) is 48.5 Å². The molecule has 0 spiro atoms. The van der Waals surface area contributed by atoms with Crippen LogP contribution < -0.4 is 5.32 Å². The summed E-state index contributed by atoms with van der Waals surface area (Å²) in [5, 5.41) is 7.58. The highest BCUT2D eigenvalue weighted by molar-refractivity contribution is 5.80. The van der Waals surface area contributed by atoms with Crippen LogP contribution in [0.4, 0.5) is 5.95 Å². The standard InChI is InChI=1S/C17H15N7/c1-11-3-2-4-13(21-11)15-16(23-8-7-18-17(23)22-15)12-5-6-14-19-10-20-24(14)9-12/h2-6,9-10H,7-8H2,1H3,(H,18,22). The van der Waals surface area contributed by atoms with Gasteiger partial charge in [-0.2, -0.15) is 5.10 Å². The molecule has 0 radical (unpaired) electrons. The summed E-state index contributed by atoms with van der Waals surface area (Å²) in [6, 6.07) is 10.0. The first-order chi connectivity index (χ1) is 11.8. The minimum absolute atomic E-state index is 0.827. The molecule has 0 atom stereocenters. The summed E-state index contributed by atoms with van der Waals surface area (Å²) in [5.41, 5.74) is 5.69. The molecule has 4 aromatic heterocycles. The lowest BCUT2D eigenvalue weighted by molar-refractivity contribution is 0.815. The number of pyridine rings is 2. The highest BCUT2D eigenvalue weighted by atomic mass is 15.3. The van der Waals surface area contributed by atoms with Crippen LogP contribution in [0.3, 0.4) is 0 Å². The SMILES string of the molecule is Cc1cccc(-c2nc3n(c2-c2ccc4ncnn4c2)CCN3)n1. The zero-order chi connectivity index (χ0) is 16.1. The molecule has 5 rings (SSSR count). The van der Waals surface area contributed by atoms with Crippen LogP contribution in [0.5, 0.6) is 0 Å².